The minimum absolute atomic E-state index is 0.206. The molecule has 0 aromatic carbocycles. The van der Waals surface area contributed by atoms with Crippen LogP contribution in [0.25, 0.3) is 0 Å². The van der Waals surface area contributed by atoms with Crippen LogP contribution in [-0.2, 0) is 0 Å². The highest BCUT2D eigenvalue weighted by molar-refractivity contribution is 7.15. The molecule has 16 heavy (non-hydrogen) atoms. The number of thiazole rings is 1. The molecule has 0 bridgehead atoms. The van der Waals surface area contributed by atoms with Crippen LogP contribution in [0.4, 0.5) is 5.13 Å². The van der Waals surface area contributed by atoms with E-state index in [1.165, 1.54) is 30.6 Å². The zero-order valence-corrected chi connectivity index (χ0v) is 10.4. The minimum Gasteiger partial charge on any atom is -0.476 e. The van der Waals surface area contributed by atoms with Gasteiger partial charge in [0.25, 0.3) is 0 Å². The lowest BCUT2D eigenvalue weighted by atomic mass is 10.1. The summed E-state index contributed by atoms with van der Waals surface area (Å²) in [6.07, 6.45) is 3.60. The number of hydrogen-bond donors (Lipinski definition) is 1. The van der Waals surface area contributed by atoms with Gasteiger partial charge in [-0.1, -0.05) is 0 Å². The first kappa shape index (κ1) is 11.4. The van der Waals surface area contributed by atoms with Gasteiger partial charge in [0.2, 0.25) is 0 Å². The summed E-state index contributed by atoms with van der Waals surface area (Å²) in [5.41, 5.74) is 0.206. The summed E-state index contributed by atoms with van der Waals surface area (Å²) in [5, 5.41) is 9.83. The molecule has 2 heterocycles. The molecule has 0 amide bonds. The Kier molecular flexibility index (Phi) is 3.14. The van der Waals surface area contributed by atoms with Crippen molar-refractivity contribution in [2.45, 2.75) is 39.2 Å². The number of carboxylic acids is 1. The van der Waals surface area contributed by atoms with Crippen LogP contribution in [-0.4, -0.2) is 28.6 Å². The number of hydrogen-bond acceptors (Lipinski definition) is 4. The lowest BCUT2D eigenvalue weighted by Gasteiger charge is -2.33. The van der Waals surface area contributed by atoms with Crippen molar-refractivity contribution in [2.24, 2.45) is 0 Å². The first-order valence-corrected chi connectivity index (χ1v) is 6.38. The van der Waals surface area contributed by atoms with Gasteiger partial charge >= 0.3 is 5.97 Å². The molecule has 1 atom stereocenters. The summed E-state index contributed by atoms with van der Waals surface area (Å²) in [4.78, 5) is 18.2. The maximum Gasteiger partial charge on any atom is 0.355 e. The quantitative estimate of drug-likeness (QED) is 0.863. The molecule has 5 heteroatoms. The maximum absolute atomic E-state index is 10.9. The summed E-state index contributed by atoms with van der Waals surface area (Å²) in [6.45, 7) is 4.99. The van der Waals surface area contributed by atoms with Crippen molar-refractivity contribution in [3.05, 3.63) is 10.6 Å². The van der Waals surface area contributed by atoms with Crippen molar-refractivity contribution < 1.29 is 9.90 Å². The second-order valence-corrected chi connectivity index (χ2v) is 5.43. The highest BCUT2D eigenvalue weighted by Gasteiger charge is 2.23. The summed E-state index contributed by atoms with van der Waals surface area (Å²) in [7, 11) is 0. The van der Waals surface area contributed by atoms with Crippen molar-refractivity contribution in [1.82, 2.24) is 4.98 Å². The van der Waals surface area contributed by atoms with E-state index in [9.17, 15) is 4.79 Å². The number of aromatic nitrogens is 1. The van der Waals surface area contributed by atoms with Crippen LogP contribution in [0, 0.1) is 6.92 Å². The number of aromatic carboxylic acids is 1. The van der Waals surface area contributed by atoms with Gasteiger partial charge in [-0.3, -0.25) is 0 Å². The van der Waals surface area contributed by atoms with Gasteiger partial charge in [0.1, 0.15) is 0 Å². The predicted molar refractivity (Wildman–Crippen MR) is 64.5 cm³/mol. The summed E-state index contributed by atoms with van der Waals surface area (Å²) in [6, 6.07) is 0.473. The summed E-state index contributed by atoms with van der Waals surface area (Å²) >= 11 is 1.49. The first-order valence-electron chi connectivity index (χ1n) is 5.57. The van der Waals surface area contributed by atoms with Crippen molar-refractivity contribution in [3.8, 4) is 0 Å². The maximum atomic E-state index is 10.9. The number of carbonyl (C=O) groups is 1. The number of nitrogens with zero attached hydrogens (tertiary/aromatic N) is 2. The molecule has 1 aromatic heterocycles. The fourth-order valence-electron chi connectivity index (χ4n) is 2.09. The monoisotopic (exact) mass is 240 g/mol. The standard InChI is InChI=1S/C11H16N2O2S/c1-7-5-3-4-6-13(7)11-12-9(10(14)15)8(2)16-11/h7H,3-6H2,1-2H3,(H,14,15). The van der Waals surface area contributed by atoms with E-state index in [1.807, 2.05) is 6.92 Å². The molecule has 1 aliphatic heterocycles. The molecule has 88 valence electrons. The van der Waals surface area contributed by atoms with Gasteiger partial charge in [-0.15, -0.1) is 11.3 Å². The second kappa shape index (κ2) is 4.41. The van der Waals surface area contributed by atoms with Gasteiger partial charge < -0.3 is 10.0 Å². The molecule has 1 saturated heterocycles. The largest absolute Gasteiger partial charge is 0.476 e. The SMILES string of the molecule is Cc1sc(N2CCCCC2C)nc1C(=O)O. The predicted octanol–water partition coefficient (Wildman–Crippen LogP) is 2.53. The lowest BCUT2D eigenvalue weighted by molar-refractivity contribution is 0.0690. The molecule has 1 fully saturated rings. The zero-order valence-electron chi connectivity index (χ0n) is 9.56. The molecule has 1 N–H and O–H groups in total. The van der Waals surface area contributed by atoms with Crippen molar-refractivity contribution in [3.63, 3.8) is 0 Å². The Labute approximate surface area is 98.9 Å². The van der Waals surface area contributed by atoms with E-state index in [-0.39, 0.29) is 5.69 Å². The van der Waals surface area contributed by atoms with E-state index >= 15 is 0 Å². The Morgan fingerprint density at radius 1 is 1.56 bits per heavy atom. The molecule has 1 unspecified atom stereocenters. The van der Waals surface area contributed by atoms with Crippen molar-refractivity contribution in [2.75, 3.05) is 11.4 Å². The van der Waals surface area contributed by atoms with E-state index < -0.39 is 5.97 Å². The van der Waals surface area contributed by atoms with Crippen LogP contribution in [0.3, 0.4) is 0 Å². The number of rotatable bonds is 2. The van der Waals surface area contributed by atoms with Gasteiger partial charge in [-0.2, -0.15) is 0 Å². The van der Waals surface area contributed by atoms with E-state index in [0.717, 1.165) is 16.6 Å². The van der Waals surface area contributed by atoms with Gasteiger partial charge in [-0.05, 0) is 33.1 Å². The smallest absolute Gasteiger partial charge is 0.355 e. The lowest BCUT2D eigenvalue weighted by Crippen LogP contribution is -2.37. The number of aryl methyl sites for hydroxylation is 1. The first-order chi connectivity index (χ1) is 7.59. The van der Waals surface area contributed by atoms with Crippen LogP contribution in [0.15, 0.2) is 0 Å². The van der Waals surface area contributed by atoms with Crippen LogP contribution < -0.4 is 4.90 Å². The summed E-state index contributed by atoms with van der Waals surface area (Å²) < 4.78 is 0. The highest BCUT2D eigenvalue weighted by Crippen LogP contribution is 2.30. The minimum atomic E-state index is -0.926. The molecule has 0 spiro atoms. The number of piperidine rings is 1. The van der Waals surface area contributed by atoms with Gasteiger partial charge in [0.15, 0.2) is 10.8 Å². The van der Waals surface area contributed by atoms with Gasteiger partial charge in [-0.25, -0.2) is 9.78 Å². The number of anilines is 1. The van der Waals surface area contributed by atoms with Crippen LogP contribution in [0.1, 0.15) is 41.6 Å². The molecule has 2 rings (SSSR count). The summed E-state index contributed by atoms with van der Waals surface area (Å²) in [5.74, 6) is -0.926. The highest BCUT2D eigenvalue weighted by atomic mass is 32.1. The van der Waals surface area contributed by atoms with E-state index in [0.29, 0.717) is 6.04 Å². The van der Waals surface area contributed by atoms with E-state index in [4.69, 9.17) is 5.11 Å². The Morgan fingerprint density at radius 3 is 2.88 bits per heavy atom. The molecule has 0 aliphatic carbocycles. The molecule has 1 aromatic rings. The molecule has 1 aliphatic rings. The fraction of sp³-hybridized carbons (Fsp3) is 0.636. The average molecular weight is 240 g/mol. The fourth-order valence-corrected chi connectivity index (χ4v) is 3.11. The Morgan fingerprint density at radius 2 is 2.31 bits per heavy atom. The van der Waals surface area contributed by atoms with Crippen LogP contribution in [0.5, 0.6) is 0 Å². The van der Waals surface area contributed by atoms with Crippen molar-refractivity contribution >= 4 is 22.4 Å². The van der Waals surface area contributed by atoms with Gasteiger partial charge in [0.05, 0.1) is 0 Å². The molecular weight excluding hydrogens is 224 g/mol. The zero-order chi connectivity index (χ0) is 11.7. The van der Waals surface area contributed by atoms with E-state index in [1.54, 1.807) is 0 Å². The topological polar surface area (TPSA) is 53.4 Å². The molecule has 0 saturated carbocycles. The average Bonchev–Trinajstić information content (AvgIpc) is 2.61. The van der Waals surface area contributed by atoms with Gasteiger partial charge in [0, 0.05) is 17.5 Å². The Balaban J connectivity index is 2.26. The second-order valence-electron chi connectivity index (χ2n) is 4.24. The third-order valence-electron chi connectivity index (χ3n) is 3.04. The third-order valence-corrected chi connectivity index (χ3v) is 4.04. The third kappa shape index (κ3) is 2.04. The molecular formula is C11H16N2O2S. The molecule has 0 radical (unpaired) electrons. The Bertz CT molecular complexity index is 403. The molecule has 4 nitrogen and oxygen atoms in total. The normalized spacial score (nSPS) is 21.1. The van der Waals surface area contributed by atoms with Crippen LogP contribution in [0.2, 0.25) is 0 Å². The van der Waals surface area contributed by atoms with Crippen LogP contribution >= 0.6 is 11.3 Å². The van der Waals surface area contributed by atoms with Crippen molar-refractivity contribution in [1.29, 1.82) is 0 Å². The van der Waals surface area contributed by atoms with E-state index in [2.05, 4.69) is 16.8 Å². The Hall–Kier alpha value is -1.10. The number of carboxylic acid groups (broad SMARTS) is 1.